The Labute approximate surface area is 125 Å². The fourth-order valence-electron chi connectivity index (χ4n) is 1.94. The first kappa shape index (κ1) is 14.8. The maximum Gasteiger partial charge on any atom is 0.343 e. The lowest BCUT2D eigenvalue weighted by Gasteiger charge is -2.06. The van der Waals surface area contributed by atoms with Crippen molar-refractivity contribution >= 4 is 11.7 Å². The third kappa shape index (κ3) is 4.19. The Kier molecular flexibility index (Phi) is 5.11. The van der Waals surface area contributed by atoms with Gasteiger partial charge in [0.1, 0.15) is 5.75 Å². The van der Waals surface area contributed by atoms with Gasteiger partial charge in [-0.25, -0.2) is 9.64 Å². The normalized spacial score (nSPS) is 9.90. The number of carbonyl (C=O) groups excluding carboxylic acids is 1. The highest BCUT2D eigenvalue weighted by Gasteiger charge is 2.08. The van der Waals surface area contributed by atoms with E-state index in [0.29, 0.717) is 17.0 Å². The van der Waals surface area contributed by atoms with Crippen LogP contribution in [0.4, 0.5) is 5.69 Å². The van der Waals surface area contributed by atoms with Crippen molar-refractivity contribution in [1.82, 2.24) is 0 Å². The van der Waals surface area contributed by atoms with Crippen molar-refractivity contribution in [3.05, 3.63) is 71.1 Å². The molecule has 0 atom stereocenters. The summed E-state index contributed by atoms with van der Waals surface area (Å²) in [6, 6.07) is 14.0. The number of carbonyl (C=O) groups is 1. The van der Waals surface area contributed by atoms with Crippen molar-refractivity contribution in [1.29, 1.82) is 0 Å². The Hall–Kier alpha value is -2.60. The van der Waals surface area contributed by atoms with E-state index in [0.717, 1.165) is 19.3 Å². The Bertz CT molecular complexity index is 636. The van der Waals surface area contributed by atoms with E-state index in [9.17, 15) is 4.79 Å². The second kappa shape index (κ2) is 7.25. The monoisotopic (exact) mass is 279 g/mol. The topological polar surface area (TPSA) is 30.7 Å². The number of ether oxygens (including phenoxy) is 1. The van der Waals surface area contributed by atoms with E-state index in [1.54, 1.807) is 24.3 Å². The van der Waals surface area contributed by atoms with Gasteiger partial charge in [-0.1, -0.05) is 49.7 Å². The molecule has 2 aromatic carbocycles. The number of hydrogen-bond donors (Lipinski definition) is 0. The molecule has 0 aliphatic carbocycles. The number of aryl methyl sites for hydroxylation is 1. The van der Waals surface area contributed by atoms with Crippen LogP contribution in [-0.2, 0) is 6.42 Å². The largest absolute Gasteiger partial charge is 0.423 e. The van der Waals surface area contributed by atoms with E-state index >= 15 is 0 Å². The summed E-state index contributed by atoms with van der Waals surface area (Å²) in [5.74, 6) is 0.127. The summed E-state index contributed by atoms with van der Waals surface area (Å²) in [5, 5.41) is 0. The summed E-state index contributed by atoms with van der Waals surface area (Å²) in [7, 11) is 0. The Morgan fingerprint density at radius 1 is 1.10 bits per heavy atom. The zero-order valence-corrected chi connectivity index (χ0v) is 12.0. The first-order valence-electron chi connectivity index (χ1n) is 7.01. The lowest BCUT2D eigenvalue weighted by molar-refractivity contribution is 0.0735. The van der Waals surface area contributed by atoms with Crippen LogP contribution in [-0.4, -0.2) is 5.97 Å². The Morgan fingerprint density at radius 3 is 2.33 bits per heavy atom. The number of rotatable bonds is 5. The van der Waals surface area contributed by atoms with Crippen molar-refractivity contribution in [2.75, 3.05) is 0 Å². The van der Waals surface area contributed by atoms with Crippen LogP contribution in [0.1, 0.15) is 35.7 Å². The quantitative estimate of drug-likeness (QED) is 0.447. The summed E-state index contributed by atoms with van der Waals surface area (Å²) in [4.78, 5) is 15.3. The molecule has 3 nitrogen and oxygen atoms in total. The standard InChI is InChI=1S/C18H17NO2/c1-3-4-5-14-6-12-17(13-7-14)21-18(20)15-8-10-16(19-2)11-9-15/h6-13H,3-5H2,1H3. The molecule has 0 bridgehead atoms. The molecule has 0 amide bonds. The number of benzene rings is 2. The van der Waals surface area contributed by atoms with Gasteiger partial charge in [0.05, 0.1) is 12.1 Å². The highest BCUT2D eigenvalue weighted by molar-refractivity contribution is 5.91. The van der Waals surface area contributed by atoms with Crippen LogP contribution in [0, 0.1) is 6.57 Å². The lowest BCUT2D eigenvalue weighted by Crippen LogP contribution is -2.08. The molecule has 2 aromatic rings. The van der Waals surface area contributed by atoms with Crippen molar-refractivity contribution in [3.8, 4) is 5.75 Å². The lowest BCUT2D eigenvalue weighted by atomic mass is 10.1. The van der Waals surface area contributed by atoms with Crippen molar-refractivity contribution < 1.29 is 9.53 Å². The average Bonchev–Trinajstić information content (AvgIpc) is 2.54. The molecule has 0 aromatic heterocycles. The van der Waals surface area contributed by atoms with E-state index in [1.807, 2.05) is 24.3 Å². The van der Waals surface area contributed by atoms with E-state index in [2.05, 4.69) is 11.8 Å². The predicted molar refractivity (Wildman–Crippen MR) is 82.7 cm³/mol. The molecular weight excluding hydrogens is 262 g/mol. The second-order valence-electron chi connectivity index (χ2n) is 4.80. The SMILES string of the molecule is [C-]#[N+]c1ccc(C(=O)Oc2ccc(CCCC)cc2)cc1. The number of unbranched alkanes of at least 4 members (excludes halogenated alkanes) is 1. The average molecular weight is 279 g/mol. The van der Waals surface area contributed by atoms with Crippen LogP contribution in [0.2, 0.25) is 0 Å². The zero-order chi connectivity index (χ0) is 15.1. The molecular formula is C18H17NO2. The molecule has 0 fully saturated rings. The zero-order valence-electron chi connectivity index (χ0n) is 12.0. The van der Waals surface area contributed by atoms with Gasteiger partial charge in [-0.15, -0.1) is 0 Å². The van der Waals surface area contributed by atoms with Crippen LogP contribution < -0.4 is 4.74 Å². The molecule has 0 N–H and O–H groups in total. The maximum atomic E-state index is 12.0. The molecule has 0 unspecified atom stereocenters. The number of esters is 1. The molecule has 21 heavy (non-hydrogen) atoms. The van der Waals surface area contributed by atoms with Gasteiger partial charge in [-0.3, -0.25) is 0 Å². The minimum atomic E-state index is -0.409. The summed E-state index contributed by atoms with van der Waals surface area (Å²) < 4.78 is 5.32. The molecule has 0 heterocycles. The number of nitrogens with zero attached hydrogens (tertiary/aromatic N) is 1. The van der Waals surface area contributed by atoms with E-state index in [4.69, 9.17) is 11.3 Å². The van der Waals surface area contributed by atoms with Gasteiger partial charge in [0.15, 0.2) is 5.69 Å². The predicted octanol–water partition coefficient (Wildman–Crippen LogP) is 4.80. The Balaban J connectivity index is 2.00. The summed E-state index contributed by atoms with van der Waals surface area (Å²) >= 11 is 0. The highest BCUT2D eigenvalue weighted by atomic mass is 16.5. The van der Waals surface area contributed by atoms with Gasteiger partial charge in [0.2, 0.25) is 0 Å². The third-order valence-electron chi connectivity index (χ3n) is 3.19. The van der Waals surface area contributed by atoms with Crippen LogP contribution in [0.3, 0.4) is 0 Å². The highest BCUT2D eigenvalue weighted by Crippen LogP contribution is 2.17. The third-order valence-corrected chi connectivity index (χ3v) is 3.19. The first-order chi connectivity index (χ1) is 10.2. The minimum absolute atomic E-state index is 0.409. The second-order valence-corrected chi connectivity index (χ2v) is 4.80. The van der Waals surface area contributed by atoms with Gasteiger partial charge in [0, 0.05) is 0 Å². The summed E-state index contributed by atoms with van der Waals surface area (Å²) in [6.45, 7) is 9.04. The minimum Gasteiger partial charge on any atom is -0.423 e. The van der Waals surface area contributed by atoms with Crippen LogP contribution in [0.15, 0.2) is 48.5 Å². The van der Waals surface area contributed by atoms with Gasteiger partial charge in [-0.05, 0) is 30.5 Å². The van der Waals surface area contributed by atoms with Crippen molar-refractivity contribution in [2.24, 2.45) is 0 Å². The van der Waals surface area contributed by atoms with Gasteiger partial charge in [0.25, 0.3) is 0 Å². The van der Waals surface area contributed by atoms with Crippen LogP contribution in [0.5, 0.6) is 5.75 Å². The molecule has 0 spiro atoms. The molecule has 0 aliphatic heterocycles. The number of hydrogen-bond acceptors (Lipinski definition) is 2. The van der Waals surface area contributed by atoms with Crippen LogP contribution >= 0.6 is 0 Å². The summed E-state index contributed by atoms with van der Waals surface area (Å²) in [6.07, 6.45) is 3.37. The molecule has 0 aliphatic rings. The van der Waals surface area contributed by atoms with Crippen LogP contribution in [0.25, 0.3) is 4.85 Å². The fourth-order valence-corrected chi connectivity index (χ4v) is 1.94. The first-order valence-corrected chi connectivity index (χ1v) is 7.01. The maximum absolute atomic E-state index is 12.0. The van der Waals surface area contributed by atoms with Crippen molar-refractivity contribution in [2.45, 2.75) is 26.2 Å². The molecule has 0 saturated carbocycles. The molecule has 2 rings (SSSR count). The van der Waals surface area contributed by atoms with Crippen molar-refractivity contribution in [3.63, 3.8) is 0 Å². The van der Waals surface area contributed by atoms with E-state index in [-0.39, 0.29) is 0 Å². The fraction of sp³-hybridized carbons (Fsp3) is 0.222. The molecule has 3 heteroatoms. The smallest absolute Gasteiger partial charge is 0.343 e. The van der Waals surface area contributed by atoms with Gasteiger partial charge >= 0.3 is 5.97 Å². The Morgan fingerprint density at radius 2 is 1.76 bits per heavy atom. The summed E-state index contributed by atoms with van der Waals surface area (Å²) in [5.41, 5.74) is 2.20. The van der Waals surface area contributed by atoms with E-state index < -0.39 is 5.97 Å². The molecule has 106 valence electrons. The molecule has 0 saturated heterocycles. The molecule has 0 radical (unpaired) electrons. The van der Waals surface area contributed by atoms with Gasteiger partial charge < -0.3 is 4.74 Å². The van der Waals surface area contributed by atoms with Gasteiger partial charge in [-0.2, -0.15) is 0 Å². The van der Waals surface area contributed by atoms with E-state index in [1.165, 1.54) is 5.56 Å².